The Morgan fingerprint density at radius 3 is 2.55 bits per heavy atom. The summed E-state index contributed by atoms with van der Waals surface area (Å²) in [7, 11) is 1.56. The van der Waals surface area contributed by atoms with Crippen molar-refractivity contribution in [3.8, 4) is 0 Å². The number of nitrogens with zero attached hydrogens (tertiary/aromatic N) is 2. The van der Waals surface area contributed by atoms with Gasteiger partial charge in [0.1, 0.15) is 15.7 Å². The number of carbonyl (C=O) groups excluding carboxylic acids is 1. The number of hydrogen-bond donors (Lipinski definition) is 2. The quantitative estimate of drug-likeness (QED) is 0.835. The van der Waals surface area contributed by atoms with Gasteiger partial charge in [0, 0.05) is 17.9 Å². The Bertz CT molecular complexity index is 623. The summed E-state index contributed by atoms with van der Waals surface area (Å²) in [6.07, 6.45) is 0. The van der Waals surface area contributed by atoms with E-state index in [1.165, 1.54) is 28.1 Å². The zero-order valence-corrected chi connectivity index (χ0v) is 12.1. The predicted octanol–water partition coefficient (Wildman–Crippen LogP) is 1.37. The lowest BCUT2D eigenvalue weighted by Crippen LogP contribution is -2.23. The minimum absolute atomic E-state index is 0.0183. The summed E-state index contributed by atoms with van der Waals surface area (Å²) in [5, 5.41) is 15.7. The van der Waals surface area contributed by atoms with Crippen LogP contribution in [0, 0.1) is 0 Å². The molecular formula is C11H11N3O4S2. The van der Waals surface area contributed by atoms with Crippen LogP contribution in [-0.4, -0.2) is 34.1 Å². The lowest BCUT2D eigenvalue weighted by Gasteiger charge is -1.99. The molecule has 0 aliphatic rings. The summed E-state index contributed by atoms with van der Waals surface area (Å²) in [6.45, 7) is 0.542. The van der Waals surface area contributed by atoms with Gasteiger partial charge in [-0.05, 0) is 0 Å². The van der Waals surface area contributed by atoms with Crippen LogP contribution in [0.5, 0.6) is 0 Å². The number of amides is 1. The molecule has 1 amide bonds. The molecule has 106 valence electrons. The number of ether oxygens (including phenoxy) is 1. The Labute approximate surface area is 122 Å². The van der Waals surface area contributed by atoms with Gasteiger partial charge in [-0.25, -0.2) is 14.8 Å². The Balaban J connectivity index is 1.91. The first-order valence-corrected chi connectivity index (χ1v) is 7.25. The second-order valence-corrected chi connectivity index (χ2v) is 5.56. The average molecular weight is 313 g/mol. The molecule has 0 fully saturated rings. The number of methoxy groups -OCH3 is 1. The molecule has 0 saturated carbocycles. The molecule has 2 rings (SSSR count). The van der Waals surface area contributed by atoms with Crippen LogP contribution in [0.15, 0.2) is 10.8 Å². The van der Waals surface area contributed by atoms with Gasteiger partial charge < -0.3 is 15.2 Å². The molecule has 20 heavy (non-hydrogen) atoms. The second kappa shape index (κ2) is 6.55. The van der Waals surface area contributed by atoms with Gasteiger partial charge in [0.05, 0.1) is 13.2 Å². The van der Waals surface area contributed by atoms with Crippen molar-refractivity contribution in [1.29, 1.82) is 0 Å². The van der Waals surface area contributed by atoms with Crippen molar-refractivity contribution in [3.63, 3.8) is 0 Å². The molecule has 2 heterocycles. The van der Waals surface area contributed by atoms with Gasteiger partial charge >= 0.3 is 5.97 Å². The van der Waals surface area contributed by atoms with Crippen LogP contribution in [0.3, 0.4) is 0 Å². The lowest BCUT2D eigenvalue weighted by atomic mass is 10.4. The van der Waals surface area contributed by atoms with Crippen LogP contribution < -0.4 is 5.32 Å². The van der Waals surface area contributed by atoms with E-state index in [1.807, 2.05) is 0 Å². The van der Waals surface area contributed by atoms with E-state index in [4.69, 9.17) is 9.84 Å². The Hall–Kier alpha value is -1.84. The van der Waals surface area contributed by atoms with Gasteiger partial charge in [-0.2, -0.15) is 0 Å². The molecule has 2 aromatic rings. The first-order valence-electron chi connectivity index (χ1n) is 5.49. The van der Waals surface area contributed by atoms with Crippen LogP contribution in [-0.2, 0) is 17.9 Å². The molecular weight excluding hydrogens is 302 g/mol. The molecule has 0 aliphatic heterocycles. The monoisotopic (exact) mass is 313 g/mol. The maximum atomic E-state index is 11.8. The Morgan fingerprint density at radius 2 is 1.90 bits per heavy atom. The van der Waals surface area contributed by atoms with Crippen LogP contribution in [0.4, 0.5) is 0 Å². The normalized spacial score (nSPS) is 10.4. The zero-order chi connectivity index (χ0) is 14.5. The van der Waals surface area contributed by atoms with Crippen molar-refractivity contribution in [2.24, 2.45) is 0 Å². The van der Waals surface area contributed by atoms with Crippen LogP contribution in [0.25, 0.3) is 0 Å². The van der Waals surface area contributed by atoms with Crippen molar-refractivity contribution < 1.29 is 19.4 Å². The van der Waals surface area contributed by atoms with Gasteiger partial charge in [0.15, 0.2) is 5.69 Å². The molecule has 2 aromatic heterocycles. The van der Waals surface area contributed by atoms with Gasteiger partial charge in [-0.3, -0.25) is 4.79 Å². The third kappa shape index (κ3) is 3.59. The fraction of sp³-hybridized carbons (Fsp3) is 0.273. The number of nitrogens with one attached hydrogen (secondary N) is 1. The molecule has 0 radical (unpaired) electrons. The Kier molecular flexibility index (Phi) is 4.77. The summed E-state index contributed by atoms with van der Waals surface area (Å²) < 4.78 is 4.93. The van der Waals surface area contributed by atoms with Crippen molar-refractivity contribution in [1.82, 2.24) is 15.3 Å². The topological polar surface area (TPSA) is 101 Å². The van der Waals surface area contributed by atoms with E-state index < -0.39 is 5.97 Å². The molecule has 0 atom stereocenters. The number of rotatable bonds is 6. The fourth-order valence-electron chi connectivity index (χ4n) is 1.34. The van der Waals surface area contributed by atoms with Gasteiger partial charge in [-0.15, -0.1) is 22.7 Å². The van der Waals surface area contributed by atoms with Crippen LogP contribution >= 0.6 is 22.7 Å². The molecule has 9 heteroatoms. The average Bonchev–Trinajstić information content (AvgIpc) is 3.05. The van der Waals surface area contributed by atoms with Gasteiger partial charge in [-0.1, -0.05) is 0 Å². The third-order valence-corrected chi connectivity index (χ3v) is 3.89. The SMILES string of the molecule is COCc1nc(C(=O)NCc2nc(C(=O)O)cs2)cs1. The highest BCUT2D eigenvalue weighted by Crippen LogP contribution is 2.12. The first-order chi connectivity index (χ1) is 9.60. The second-order valence-electron chi connectivity index (χ2n) is 3.67. The number of carboxylic acid groups (broad SMARTS) is 1. The number of carbonyl (C=O) groups is 2. The predicted molar refractivity (Wildman–Crippen MR) is 73.1 cm³/mol. The summed E-state index contributed by atoms with van der Waals surface area (Å²) in [5.41, 5.74) is 0.298. The minimum atomic E-state index is -1.08. The van der Waals surface area contributed by atoms with Crippen molar-refractivity contribution >= 4 is 34.6 Å². The summed E-state index contributed by atoms with van der Waals surface area (Å²) in [5.74, 6) is -1.40. The third-order valence-electron chi connectivity index (χ3n) is 2.22. The fourth-order valence-corrected chi connectivity index (χ4v) is 2.79. The summed E-state index contributed by atoms with van der Waals surface area (Å²) in [4.78, 5) is 30.5. The van der Waals surface area contributed by atoms with Gasteiger partial charge in [0.2, 0.25) is 0 Å². The molecule has 7 nitrogen and oxygen atoms in total. The molecule has 0 bridgehead atoms. The number of aromatic nitrogens is 2. The number of aromatic carboxylic acids is 1. The van der Waals surface area contributed by atoms with E-state index in [0.717, 1.165) is 5.01 Å². The van der Waals surface area contributed by atoms with Crippen LogP contribution in [0.1, 0.15) is 31.0 Å². The molecule has 2 N–H and O–H groups in total. The first kappa shape index (κ1) is 14.6. The summed E-state index contributed by atoms with van der Waals surface area (Å²) in [6, 6.07) is 0. The van der Waals surface area contributed by atoms with E-state index in [1.54, 1.807) is 12.5 Å². The number of carboxylic acids is 1. The maximum Gasteiger partial charge on any atom is 0.355 e. The van der Waals surface area contributed by atoms with Gasteiger partial charge in [0.25, 0.3) is 5.91 Å². The highest BCUT2D eigenvalue weighted by atomic mass is 32.1. The van der Waals surface area contributed by atoms with Crippen molar-refractivity contribution in [3.05, 3.63) is 32.2 Å². The molecule has 0 unspecified atom stereocenters. The zero-order valence-electron chi connectivity index (χ0n) is 10.5. The molecule has 0 aromatic carbocycles. The van der Waals surface area contributed by atoms with Crippen molar-refractivity contribution in [2.75, 3.05) is 7.11 Å². The Morgan fingerprint density at radius 1 is 1.25 bits per heavy atom. The molecule has 0 saturated heterocycles. The largest absolute Gasteiger partial charge is 0.476 e. The van der Waals surface area contributed by atoms with E-state index in [0.29, 0.717) is 17.3 Å². The summed E-state index contributed by atoms with van der Waals surface area (Å²) >= 11 is 2.53. The smallest absolute Gasteiger partial charge is 0.355 e. The lowest BCUT2D eigenvalue weighted by molar-refractivity contribution is 0.0691. The molecule has 0 aliphatic carbocycles. The number of hydrogen-bond acceptors (Lipinski definition) is 7. The van der Waals surface area contributed by atoms with Crippen molar-refractivity contribution in [2.45, 2.75) is 13.2 Å². The highest BCUT2D eigenvalue weighted by Gasteiger charge is 2.12. The van der Waals surface area contributed by atoms with E-state index in [2.05, 4.69) is 15.3 Å². The van der Waals surface area contributed by atoms with Crippen LogP contribution in [0.2, 0.25) is 0 Å². The maximum absolute atomic E-state index is 11.8. The van der Waals surface area contributed by atoms with E-state index in [-0.39, 0.29) is 18.1 Å². The van der Waals surface area contributed by atoms with E-state index in [9.17, 15) is 9.59 Å². The van der Waals surface area contributed by atoms with E-state index >= 15 is 0 Å². The molecule has 0 spiro atoms. The number of thiazole rings is 2. The standard InChI is InChI=1S/C11H11N3O4S2/c1-18-3-9-13-6(4-20-9)10(15)12-2-8-14-7(5-19-8)11(16)17/h4-5H,2-3H2,1H3,(H,12,15)(H,16,17). The highest BCUT2D eigenvalue weighted by molar-refractivity contribution is 7.10. The minimum Gasteiger partial charge on any atom is -0.476 e.